The molecule has 1 aromatic rings. The molecule has 0 atom stereocenters. The monoisotopic (exact) mass is 265 g/mol. The zero-order valence-corrected chi connectivity index (χ0v) is 12.3. The van der Waals surface area contributed by atoms with Crippen LogP contribution in [0.4, 0.5) is 0 Å². The van der Waals surface area contributed by atoms with Crippen LogP contribution in [-0.2, 0) is 13.1 Å². The van der Waals surface area contributed by atoms with Crippen LogP contribution in [0.1, 0.15) is 38.4 Å². The van der Waals surface area contributed by atoms with E-state index in [0.717, 1.165) is 37.8 Å². The standard InChI is InChI=1S/C14H27N5/c1-3-8-19-14(16-12-17-19)11-18-9-5-13(6-10-18)4-7-15-2/h12-13,15H,3-11H2,1-2H3. The van der Waals surface area contributed by atoms with Gasteiger partial charge in [0.2, 0.25) is 0 Å². The van der Waals surface area contributed by atoms with Crippen molar-refractivity contribution in [1.82, 2.24) is 25.0 Å². The highest BCUT2D eigenvalue weighted by Gasteiger charge is 2.20. The van der Waals surface area contributed by atoms with E-state index in [1.54, 1.807) is 6.33 Å². The predicted octanol–water partition coefficient (Wildman–Crippen LogP) is 1.51. The van der Waals surface area contributed by atoms with Crippen LogP contribution in [0, 0.1) is 5.92 Å². The molecule has 0 bridgehead atoms. The van der Waals surface area contributed by atoms with Gasteiger partial charge in [-0.3, -0.25) is 4.90 Å². The van der Waals surface area contributed by atoms with Crippen molar-refractivity contribution in [3.8, 4) is 0 Å². The molecule has 1 N–H and O–H groups in total. The summed E-state index contributed by atoms with van der Waals surface area (Å²) in [6, 6.07) is 0. The molecule has 0 amide bonds. The van der Waals surface area contributed by atoms with Gasteiger partial charge in [-0.1, -0.05) is 6.92 Å². The molecule has 108 valence electrons. The van der Waals surface area contributed by atoms with Gasteiger partial charge in [0, 0.05) is 6.54 Å². The van der Waals surface area contributed by atoms with E-state index in [4.69, 9.17) is 0 Å². The van der Waals surface area contributed by atoms with Gasteiger partial charge in [0.25, 0.3) is 0 Å². The van der Waals surface area contributed by atoms with Gasteiger partial charge in [0.05, 0.1) is 6.54 Å². The van der Waals surface area contributed by atoms with E-state index in [1.807, 2.05) is 11.7 Å². The van der Waals surface area contributed by atoms with Gasteiger partial charge in [0.1, 0.15) is 12.2 Å². The van der Waals surface area contributed by atoms with Gasteiger partial charge >= 0.3 is 0 Å². The number of piperidine rings is 1. The van der Waals surface area contributed by atoms with Crippen LogP contribution in [-0.4, -0.2) is 46.3 Å². The fraction of sp³-hybridized carbons (Fsp3) is 0.857. The number of nitrogens with one attached hydrogen (secondary N) is 1. The Bertz CT molecular complexity index is 354. The van der Waals surface area contributed by atoms with Crippen molar-refractivity contribution in [3.63, 3.8) is 0 Å². The lowest BCUT2D eigenvalue weighted by molar-refractivity contribution is 0.166. The van der Waals surface area contributed by atoms with Crippen molar-refractivity contribution in [2.24, 2.45) is 5.92 Å². The van der Waals surface area contributed by atoms with E-state index in [1.165, 1.54) is 32.4 Å². The molecule has 1 saturated heterocycles. The first-order valence-electron chi connectivity index (χ1n) is 7.57. The Morgan fingerprint density at radius 2 is 2.16 bits per heavy atom. The molecule has 0 spiro atoms. The molecular formula is C14H27N5. The molecular weight excluding hydrogens is 238 g/mol. The Balaban J connectivity index is 1.77. The molecule has 5 nitrogen and oxygen atoms in total. The summed E-state index contributed by atoms with van der Waals surface area (Å²) in [7, 11) is 2.04. The van der Waals surface area contributed by atoms with Crippen LogP contribution >= 0.6 is 0 Å². The van der Waals surface area contributed by atoms with Gasteiger partial charge in [0.15, 0.2) is 0 Å². The first-order chi connectivity index (χ1) is 9.33. The number of hydrogen-bond acceptors (Lipinski definition) is 4. The zero-order chi connectivity index (χ0) is 13.5. The number of likely N-dealkylation sites (tertiary alicyclic amines) is 1. The quantitative estimate of drug-likeness (QED) is 0.812. The maximum atomic E-state index is 4.40. The number of rotatable bonds is 7. The Kier molecular flexibility index (Phi) is 5.79. The summed E-state index contributed by atoms with van der Waals surface area (Å²) < 4.78 is 2.05. The summed E-state index contributed by atoms with van der Waals surface area (Å²) in [5.74, 6) is 2.02. The lowest BCUT2D eigenvalue weighted by Crippen LogP contribution is -2.34. The molecule has 2 heterocycles. The highest BCUT2D eigenvalue weighted by Crippen LogP contribution is 2.21. The molecule has 19 heavy (non-hydrogen) atoms. The molecule has 5 heteroatoms. The van der Waals surface area contributed by atoms with Crippen LogP contribution < -0.4 is 5.32 Å². The molecule has 0 aromatic carbocycles. The van der Waals surface area contributed by atoms with Crippen LogP contribution in [0.3, 0.4) is 0 Å². The first-order valence-corrected chi connectivity index (χ1v) is 7.57. The van der Waals surface area contributed by atoms with Gasteiger partial charge in [-0.25, -0.2) is 9.67 Å². The van der Waals surface area contributed by atoms with Crippen LogP contribution in [0.5, 0.6) is 0 Å². The Hall–Kier alpha value is -0.940. The predicted molar refractivity (Wildman–Crippen MR) is 76.9 cm³/mol. The summed E-state index contributed by atoms with van der Waals surface area (Å²) in [5, 5.41) is 7.55. The topological polar surface area (TPSA) is 46.0 Å². The second kappa shape index (κ2) is 7.60. The normalized spacial score (nSPS) is 18.0. The van der Waals surface area contributed by atoms with Gasteiger partial charge in [-0.2, -0.15) is 5.10 Å². The maximum Gasteiger partial charge on any atom is 0.141 e. The SMILES string of the molecule is CCCn1ncnc1CN1CCC(CCNC)CC1. The van der Waals surface area contributed by atoms with Crippen LogP contribution in [0.2, 0.25) is 0 Å². The third-order valence-corrected chi connectivity index (χ3v) is 4.01. The summed E-state index contributed by atoms with van der Waals surface area (Å²) in [6.07, 6.45) is 6.76. The summed E-state index contributed by atoms with van der Waals surface area (Å²) in [5.41, 5.74) is 0. The van der Waals surface area contributed by atoms with Gasteiger partial charge in [-0.15, -0.1) is 0 Å². The second-order valence-corrected chi connectivity index (χ2v) is 5.51. The summed E-state index contributed by atoms with van der Waals surface area (Å²) in [4.78, 5) is 6.92. The van der Waals surface area contributed by atoms with E-state index >= 15 is 0 Å². The molecule has 1 aliphatic rings. The van der Waals surface area contributed by atoms with Gasteiger partial charge < -0.3 is 5.32 Å². The molecule has 1 aliphatic heterocycles. The van der Waals surface area contributed by atoms with Crippen molar-refractivity contribution in [1.29, 1.82) is 0 Å². The van der Waals surface area contributed by atoms with E-state index in [2.05, 4.69) is 27.2 Å². The lowest BCUT2D eigenvalue weighted by atomic mass is 9.93. The average Bonchev–Trinajstić information content (AvgIpc) is 2.86. The minimum absolute atomic E-state index is 0.900. The highest BCUT2D eigenvalue weighted by molar-refractivity contribution is 4.86. The minimum atomic E-state index is 0.900. The van der Waals surface area contributed by atoms with Gasteiger partial charge in [-0.05, 0) is 58.3 Å². The minimum Gasteiger partial charge on any atom is -0.320 e. The van der Waals surface area contributed by atoms with E-state index < -0.39 is 0 Å². The number of aryl methyl sites for hydroxylation is 1. The summed E-state index contributed by atoms with van der Waals surface area (Å²) in [6.45, 7) is 7.67. The van der Waals surface area contributed by atoms with Crippen LogP contribution in [0.15, 0.2) is 6.33 Å². The zero-order valence-electron chi connectivity index (χ0n) is 12.3. The van der Waals surface area contributed by atoms with Crippen molar-refractivity contribution < 1.29 is 0 Å². The fourth-order valence-electron chi connectivity index (χ4n) is 2.79. The van der Waals surface area contributed by atoms with Crippen molar-refractivity contribution in [2.45, 2.75) is 45.7 Å². The lowest BCUT2D eigenvalue weighted by Gasteiger charge is -2.31. The largest absolute Gasteiger partial charge is 0.320 e. The maximum absolute atomic E-state index is 4.40. The smallest absolute Gasteiger partial charge is 0.141 e. The fourth-order valence-corrected chi connectivity index (χ4v) is 2.79. The molecule has 0 unspecified atom stereocenters. The average molecular weight is 265 g/mol. The third kappa shape index (κ3) is 4.28. The third-order valence-electron chi connectivity index (χ3n) is 4.01. The Labute approximate surface area is 116 Å². The van der Waals surface area contributed by atoms with Crippen molar-refractivity contribution in [3.05, 3.63) is 12.2 Å². The molecule has 1 aromatic heterocycles. The molecule has 2 rings (SSSR count). The molecule has 1 fully saturated rings. The number of hydrogen-bond donors (Lipinski definition) is 1. The number of nitrogens with zero attached hydrogens (tertiary/aromatic N) is 4. The second-order valence-electron chi connectivity index (χ2n) is 5.51. The van der Waals surface area contributed by atoms with Crippen LogP contribution in [0.25, 0.3) is 0 Å². The Morgan fingerprint density at radius 3 is 2.84 bits per heavy atom. The first kappa shape index (κ1) is 14.5. The van der Waals surface area contributed by atoms with E-state index in [9.17, 15) is 0 Å². The van der Waals surface area contributed by atoms with E-state index in [-0.39, 0.29) is 0 Å². The van der Waals surface area contributed by atoms with E-state index in [0.29, 0.717) is 0 Å². The van der Waals surface area contributed by atoms with Crippen molar-refractivity contribution in [2.75, 3.05) is 26.7 Å². The Morgan fingerprint density at radius 1 is 1.37 bits per heavy atom. The molecule has 0 aliphatic carbocycles. The number of aromatic nitrogens is 3. The van der Waals surface area contributed by atoms with Crippen molar-refractivity contribution >= 4 is 0 Å². The molecule has 0 saturated carbocycles. The highest BCUT2D eigenvalue weighted by atomic mass is 15.3. The summed E-state index contributed by atoms with van der Waals surface area (Å²) >= 11 is 0. The molecule has 0 radical (unpaired) electrons.